The molecule has 0 N–H and O–H groups in total. The van der Waals surface area contributed by atoms with E-state index in [0.29, 0.717) is 5.88 Å². The molecule has 0 saturated carbocycles. The molecule has 2 nitrogen and oxygen atoms in total. The lowest BCUT2D eigenvalue weighted by atomic mass is 10.1. The van der Waals surface area contributed by atoms with Crippen molar-refractivity contribution in [2.24, 2.45) is 0 Å². The lowest BCUT2D eigenvalue weighted by molar-refractivity contribution is 0.331. The van der Waals surface area contributed by atoms with Gasteiger partial charge in [-0.25, -0.2) is 4.98 Å². The van der Waals surface area contributed by atoms with Crippen molar-refractivity contribution in [3.8, 4) is 10.6 Å². The Morgan fingerprint density at radius 2 is 2.11 bits per heavy atom. The predicted octanol–water partition coefficient (Wildman–Crippen LogP) is 4.14. The number of rotatable bonds is 4. The monoisotopic (exact) mass is 292 g/mol. The molecule has 0 unspecified atom stereocenters. The minimum Gasteiger partial charge on any atom is -0.299 e. The van der Waals surface area contributed by atoms with Gasteiger partial charge in [0.25, 0.3) is 0 Å². The van der Waals surface area contributed by atoms with Crippen LogP contribution in [0.4, 0.5) is 0 Å². The Labute approximate surface area is 123 Å². The molecule has 1 aliphatic heterocycles. The quantitative estimate of drug-likeness (QED) is 0.787. The van der Waals surface area contributed by atoms with Gasteiger partial charge in [0.05, 0.1) is 11.6 Å². The minimum atomic E-state index is 0.490. The number of hydrogen-bond donors (Lipinski definition) is 0. The number of aromatic nitrogens is 1. The van der Waals surface area contributed by atoms with Crippen LogP contribution < -0.4 is 0 Å². The molecule has 0 spiro atoms. The van der Waals surface area contributed by atoms with E-state index in [-0.39, 0.29) is 0 Å². The Morgan fingerprint density at radius 1 is 1.26 bits per heavy atom. The molecule has 4 heteroatoms. The smallest absolute Gasteiger partial charge is 0.123 e. The fourth-order valence-corrected chi connectivity index (χ4v) is 3.55. The van der Waals surface area contributed by atoms with Crippen molar-refractivity contribution >= 4 is 22.9 Å². The van der Waals surface area contributed by atoms with E-state index >= 15 is 0 Å². The summed E-state index contributed by atoms with van der Waals surface area (Å²) in [5, 5.41) is 3.11. The van der Waals surface area contributed by atoms with E-state index in [1.807, 2.05) is 5.38 Å². The highest BCUT2D eigenvalue weighted by molar-refractivity contribution is 7.13. The van der Waals surface area contributed by atoms with Crippen LogP contribution in [0.3, 0.4) is 0 Å². The highest BCUT2D eigenvalue weighted by Gasteiger charge is 2.12. The SMILES string of the molecule is ClCc1csc(-c2cccc(CN3CCCC3)c2)n1. The number of benzene rings is 1. The Hall–Kier alpha value is -0.900. The van der Waals surface area contributed by atoms with Gasteiger partial charge in [-0.2, -0.15) is 0 Å². The van der Waals surface area contributed by atoms with Crippen LogP contribution in [0.15, 0.2) is 29.6 Å². The summed E-state index contributed by atoms with van der Waals surface area (Å²) in [6, 6.07) is 8.72. The lowest BCUT2D eigenvalue weighted by Crippen LogP contribution is -2.18. The first-order valence-corrected chi connectivity index (χ1v) is 8.08. The summed E-state index contributed by atoms with van der Waals surface area (Å²) < 4.78 is 0. The van der Waals surface area contributed by atoms with E-state index in [2.05, 4.69) is 34.1 Å². The normalized spacial score (nSPS) is 16.1. The summed E-state index contributed by atoms with van der Waals surface area (Å²) in [5.74, 6) is 0.490. The molecular weight excluding hydrogens is 276 g/mol. The van der Waals surface area contributed by atoms with Crippen molar-refractivity contribution < 1.29 is 0 Å². The number of likely N-dealkylation sites (tertiary alicyclic amines) is 1. The first kappa shape index (κ1) is 13.1. The van der Waals surface area contributed by atoms with E-state index < -0.39 is 0 Å². The average Bonchev–Trinajstić information content (AvgIpc) is 3.09. The van der Waals surface area contributed by atoms with Crippen molar-refractivity contribution in [1.29, 1.82) is 0 Å². The van der Waals surface area contributed by atoms with Crippen LogP contribution in [0, 0.1) is 0 Å². The average molecular weight is 293 g/mol. The van der Waals surface area contributed by atoms with E-state index in [1.165, 1.54) is 37.1 Å². The van der Waals surface area contributed by atoms with Crippen molar-refractivity contribution in [2.75, 3.05) is 13.1 Å². The van der Waals surface area contributed by atoms with Gasteiger partial charge in [-0.1, -0.05) is 18.2 Å². The molecule has 1 aliphatic rings. The van der Waals surface area contributed by atoms with E-state index in [0.717, 1.165) is 17.2 Å². The zero-order valence-electron chi connectivity index (χ0n) is 10.8. The van der Waals surface area contributed by atoms with Crippen LogP contribution in [0.5, 0.6) is 0 Å². The number of thiazole rings is 1. The van der Waals surface area contributed by atoms with Crippen LogP contribution in [0.25, 0.3) is 10.6 Å². The first-order valence-electron chi connectivity index (χ1n) is 6.67. The molecule has 1 fully saturated rings. The highest BCUT2D eigenvalue weighted by Crippen LogP contribution is 2.25. The summed E-state index contributed by atoms with van der Waals surface area (Å²) in [6.45, 7) is 3.53. The van der Waals surface area contributed by atoms with Crippen molar-refractivity contribution in [2.45, 2.75) is 25.3 Å². The Balaban J connectivity index is 1.78. The van der Waals surface area contributed by atoms with Crippen LogP contribution in [0.1, 0.15) is 24.1 Å². The van der Waals surface area contributed by atoms with Crippen LogP contribution in [-0.4, -0.2) is 23.0 Å². The van der Waals surface area contributed by atoms with Gasteiger partial charge in [0.15, 0.2) is 0 Å². The first-order chi connectivity index (χ1) is 9.35. The van der Waals surface area contributed by atoms with Crippen LogP contribution in [0.2, 0.25) is 0 Å². The molecule has 1 aromatic heterocycles. The van der Waals surface area contributed by atoms with Crippen molar-refractivity contribution in [3.63, 3.8) is 0 Å². The number of hydrogen-bond acceptors (Lipinski definition) is 3. The molecule has 19 heavy (non-hydrogen) atoms. The maximum Gasteiger partial charge on any atom is 0.123 e. The topological polar surface area (TPSA) is 16.1 Å². The van der Waals surface area contributed by atoms with E-state index in [9.17, 15) is 0 Å². The summed E-state index contributed by atoms with van der Waals surface area (Å²) in [4.78, 5) is 7.06. The van der Waals surface area contributed by atoms with Crippen LogP contribution >= 0.6 is 22.9 Å². The fraction of sp³-hybridized carbons (Fsp3) is 0.400. The largest absolute Gasteiger partial charge is 0.299 e. The third kappa shape index (κ3) is 3.16. The Morgan fingerprint density at radius 3 is 2.84 bits per heavy atom. The number of alkyl halides is 1. The summed E-state index contributed by atoms with van der Waals surface area (Å²) in [6.07, 6.45) is 2.68. The lowest BCUT2D eigenvalue weighted by Gasteiger charge is -2.14. The second-order valence-corrected chi connectivity index (χ2v) is 6.09. The highest BCUT2D eigenvalue weighted by atomic mass is 35.5. The molecule has 0 radical (unpaired) electrons. The summed E-state index contributed by atoms with van der Waals surface area (Å²) in [7, 11) is 0. The zero-order chi connectivity index (χ0) is 13.1. The fourth-order valence-electron chi connectivity index (χ4n) is 2.50. The predicted molar refractivity (Wildman–Crippen MR) is 81.6 cm³/mol. The molecule has 3 rings (SSSR count). The van der Waals surface area contributed by atoms with Crippen molar-refractivity contribution in [3.05, 3.63) is 40.9 Å². The molecule has 1 aromatic carbocycles. The third-order valence-electron chi connectivity index (χ3n) is 3.47. The molecule has 2 heterocycles. The van der Waals surface area contributed by atoms with E-state index in [4.69, 9.17) is 11.6 Å². The molecule has 0 atom stereocenters. The minimum absolute atomic E-state index is 0.490. The van der Waals surface area contributed by atoms with Gasteiger partial charge in [0.1, 0.15) is 5.01 Å². The van der Waals surface area contributed by atoms with E-state index in [1.54, 1.807) is 11.3 Å². The van der Waals surface area contributed by atoms with Gasteiger partial charge >= 0.3 is 0 Å². The molecule has 1 saturated heterocycles. The Kier molecular flexibility index (Phi) is 4.16. The molecule has 0 amide bonds. The molecule has 0 bridgehead atoms. The maximum absolute atomic E-state index is 5.81. The molecular formula is C15H17ClN2S. The zero-order valence-corrected chi connectivity index (χ0v) is 12.4. The number of halogens is 1. The second kappa shape index (κ2) is 6.04. The third-order valence-corrected chi connectivity index (χ3v) is 4.68. The van der Waals surface area contributed by atoms with Gasteiger partial charge in [-0.15, -0.1) is 22.9 Å². The summed E-state index contributed by atoms with van der Waals surface area (Å²) in [5.41, 5.74) is 3.55. The molecule has 100 valence electrons. The van der Waals surface area contributed by atoms with Gasteiger partial charge in [-0.05, 0) is 37.6 Å². The van der Waals surface area contributed by atoms with Gasteiger partial charge in [-0.3, -0.25) is 4.90 Å². The standard InChI is InChI=1S/C15H17ClN2S/c16-9-14-11-19-15(17-14)13-5-3-4-12(8-13)10-18-6-1-2-7-18/h3-5,8,11H,1-2,6-7,9-10H2. The van der Waals surface area contributed by atoms with Crippen molar-refractivity contribution in [1.82, 2.24) is 9.88 Å². The molecule has 0 aliphatic carbocycles. The molecule has 2 aromatic rings. The van der Waals surface area contributed by atoms with Gasteiger partial charge in [0.2, 0.25) is 0 Å². The van der Waals surface area contributed by atoms with Crippen LogP contribution in [-0.2, 0) is 12.4 Å². The number of nitrogens with zero attached hydrogens (tertiary/aromatic N) is 2. The summed E-state index contributed by atoms with van der Waals surface area (Å²) >= 11 is 7.48. The van der Waals surface area contributed by atoms with Gasteiger partial charge in [0, 0.05) is 17.5 Å². The maximum atomic E-state index is 5.81. The van der Waals surface area contributed by atoms with Gasteiger partial charge < -0.3 is 0 Å². The Bertz CT molecular complexity index is 547. The second-order valence-electron chi connectivity index (χ2n) is 4.96.